The Labute approximate surface area is 426 Å². The third-order valence-corrected chi connectivity index (χ3v) is 16.1. The first-order valence-electron chi connectivity index (χ1n) is 27.5. The number of hydrogen-bond donors (Lipinski definition) is 0. The van der Waals surface area contributed by atoms with Crippen LogP contribution in [0.2, 0.25) is 0 Å². The molecule has 5 aromatic rings. The van der Waals surface area contributed by atoms with Crippen LogP contribution in [0.5, 0.6) is 11.5 Å². The zero-order chi connectivity index (χ0) is 51.1. The summed E-state index contributed by atoms with van der Waals surface area (Å²) in [6.45, 7) is 30.0. The Morgan fingerprint density at radius 1 is 0.357 bits per heavy atom. The van der Waals surface area contributed by atoms with Crippen molar-refractivity contribution in [3.05, 3.63) is 120 Å². The molecule has 5 rings (SSSR count). The van der Waals surface area contributed by atoms with Gasteiger partial charge in [0.2, 0.25) is 0 Å². The minimum atomic E-state index is -4.23. The standard InChI is InChI=1S/C28H24O6P2.2C16H36N/c29-35(30,33-27-15-13-23-5-1-3-7-25(23)17-27)19-21-9-11-22(12-10-21)20-36(31,32)34-28-16-14-24-6-2-4-8-26(24)18-28;2*1-5-9-13-17(14-10-6-2,15-11-7-3)16-12-8-4/h1-18H,19-20H2,(H,29,30)(H,31,32);2*5-16H2,1-4H3/q;2*+1/p-2. The van der Waals surface area contributed by atoms with Gasteiger partial charge in [-0.2, -0.15) is 0 Å². The third kappa shape index (κ3) is 22.9. The highest BCUT2D eigenvalue weighted by atomic mass is 31.2. The van der Waals surface area contributed by atoms with Crippen molar-refractivity contribution in [3.63, 3.8) is 0 Å². The van der Waals surface area contributed by atoms with E-state index in [-0.39, 0.29) is 23.8 Å². The van der Waals surface area contributed by atoms with Crippen LogP contribution in [0, 0.1) is 0 Å². The molecular formula is C60H94N2O6P2. The molecule has 0 spiro atoms. The van der Waals surface area contributed by atoms with E-state index in [0.29, 0.717) is 11.1 Å². The van der Waals surface area contributed by atoms with E-state index in [9.17, 15) is 18.9 Å². The first-order chi connectivity index (χ1) is 33.7. The van der Waals surface area contributed by atoms with Gasteiger partial charge in [-0.25, -0.2) is 0 Å². The summed E-state index contributed by atoms with van der Waals surface area (Å²) >= 11 is 0. The van der Waals surface area contributed by atoms with Gasteiger partial charge in [-0.1, -0.05) is 192 Å². The summed E-state index contributed by atoms with van der Waals surface area (Å²) in [6.07, 6.45) is 21.5. The van der Waals surface area contributed by atoms with E-state index >= 15 is 0 Å². The fourth-order valence-electron chi connectivity index (χ4n) is 9.32. The maximum Gasteiger partial charge on any atom is 0.188 e. The average molecular weight is 1000 g/mol. The number of benzene rings is 5. The minimum Gasteiger partial charge on any atom is -0.769 e. The Hall–Kier alpha value is -3.48. The largest absolute Gasteiger partial charge is 0.769 e. The number of rotatable bonds is 32. The molecular weight excluding hydrogens is 907 g/mol. The van der Waals surface area contributed by atoms with Gasteiger partial charge in [0.25, 0.3) is 0 Å². The molecule has 2 unspecified atom stereocenters. The van der Waals surface area contributed by atoms with E-state index in [0.717, 1.165) is 21.5 Å². The quantitative estimate of drug-likeness (QED) is 0.0314. The number of hydrogen-bond acceptors (Lipinski definition) is 6. The molecule has 0 aliphatic rings. The highest BCUT2D eigenvalue weighted by molar-refractivity contribution is 7.51. The van der Waals surface area contributed by atoms with Crippen molar-refractivity contribution in [3.8, 4) is 11.5 Å². The summed E-state index contributed by atoms with van der Waals surface area (Å²) in [4.78, 5) is 25.2. The zero-order valence-electron chi connectivity index (χ0n) is 45.0. The second-order valence-corrected chi connectivity index (χ2v) is 23.3. The molecule has 390 valence electrons. The summed E-state index contributed by atoms with van der Waals surface area (Å²) in [6, 6.07) is 31.8. The Morgan fingerprint density at radius 2 is 0.600 bits per heavy atom. The van der Waals surface area contributed by atoms with Gasteiger partial charge < -0.3 is 27.8 Å². The van der Waals surface area contributed by atoms with Gasteiger partial charge in [-0.3, -0.25) is 9.13 Å². The molecule has 0 amide bonds. The van der Waals surface area contributed by atoms with E-state index in [1.807, 2.05) is 48.5 Å². The van der Waals surface area contributed by atoms with Crippen LogP contribution in [0.3, 0.4) is 0 Å². The van der Waals surface area contributed by atoms with E-state index in [1.54, 1.807) is 60.7 Å². The monoisotopic (exact) mass is 1000 g/mol. The molecule has 0 heterocycles. The molecule has 0 aromatic heterocycles. The fourth-order valence-corrected chi connectivity index (χ4v) is 11.6. The Kier molecular flexibility index (Phi) is 28.9. The fraction of sp³-hybridized carbons (Fsp3) is 0.567. The van der Waals surface area contributed by atoms with E-state index in [1.165, 1.54) is 164 Å². The van der Waals surface area contributed by atoms with E-state index in [2.05, 4.69) is 55.4 Å². The van der Waals surface area contributed by atoms with Crippen LogP contribution in [0.15, 0.2) is 109 Å². The highest BCUT2D eigenvalue weighted by Crippen LogP contribution is 2.45. The second-order valence-electron chi connectivity index (χ2n) is 19.9. The number of quaternary nitrogens is 2. The van der Waals surface area contributed by atoms with Crippen LogP contribution >= 0.6 is 15.2 Å². The molecule has 5 aromatic carbocycles. The Morgan fingerprint density at radius 3 is 0.843 bits per heavy atom. The molecule has 70 heavy (non-hydrogen) atoms. The molecule has 0 radical (unpaired) electrons. The lowest BCUT2D eigenvalue weighted by molar-refractivity contribution is -0.929. The molecule has 0 saturated carbocycles. The summed E-state index contributed by atoms with van der Waals surface area (Å²) in [5.41, 5.74) is 0.989. The average Bonchev–Trinajstić information content (AvgIpc) is 3.36. The minimum absolute atomic E-state index is 0.252. The van der Waals surface area contributed by atoms with E-state index < -0.39 is 15.2 Å². The van der Waals surface area contributed by atoms with Crippen molar-refractivity contribution in [2.45, 2.75) is 170 Å². The maximum absolute atomic E-state index is 12.6. The number of nitrogens with zero attached hydrogens (tertiary/aromatic N) is 2. The van der Waals surface area contributed by atoms with Gasteiger partial charge in [-0.15, -0.1) is 0 Å². The molecule has 0 saturated heterocycles. The lowest BCUT2D eigenvalue weighted by Gasteiger charge is -2.39. The summed E-state index contributed by atoms with van der Waals surface area (Å²) < 4.78 is 38.7. The van der Waals surface area contributed by atoms with Gasteiger partial charge in [0.05, 0.1) is 52.4 Å². The number of unbranched alkanes of at least 4 members (excludes halogenated alkanes) is 8. The maximum atomic E-state index is 12.6. The van der Waals surface area contributed by atoms with Crippen LogP contribution in [0.25, 0.3) is 21.5 Å². The molecule has 10 heteroatoms. The van der Waals surface area contributed by atoms with Crippen LogP contribution in [-0.4, -0.2) is 61.3 Å². The molecule has 2 atom stereocenters. The van der Waals surface area contributed by atoms with Gasteiger partial charge in [0, 0.05) is 12.3 Å². The third-order valence-electron chi connectivity index (χ3n) is 13.6. The van der Waals surface area contributed by atoms with Gasteiger partial charge >= 0.3 is 0 Å². The molecule has 0 N–H and O–H groups in total. The predicted octanol–water partition coefficient (Wildman–Crippen LogP) is 16.3. The smallest absolute Gasteiger partial charge is 0.188 e. The lowest BCUT2D eigenvalue weighted by Crippen LogP contribution is -2.50. The van der Waals surface area contributed by atoms with Gasteiger partial charge in [0.1, 0.15) is 11.5 Å². The molecule has 0 aliphatic carbocycles. The molecule has 0 aliphatic heterocycles. The Bertz CT molecular complexity index is 2030. The first-order valence-corrected chi connectivity index (χ1v) is 30.9. The van der Waals surface area contributed by atoms with Crippen molar-refractivity contribution in [2.75, 3.05) is 52.4 Å². The van der Waals surface area contributed by atoms with Crippen LogP contribution in [-0.2, 0) is 21.5 Å². The van der Waals surface area contributed by atoms with Crippen molar-refractivity contribution in [1.82, 2.24) is 0 Å². The summed E-state index contributed by atoms with van der Waals surface area (Å²) in [7, 11) is -8.46. The zero-order valence-corrected chi connectivity index (χ0v) is 46.8. The van der Waals surface area contributed by atoms with Crippen LogP contribution in [0.4, 0.5) is 0 Å². The first kappa shape index (κ1) is 60.8. The van der Waals surface area contributed by atoms with Gasteiger partial charge in [-0.05, 0) is 108 Å². The van der Waals surface area contributed by atoms with Crippen molar-refractivity contribution < 1.29 is 36.9 Å². The number of fused-ring (bicyclic) bond motifs is 2. The summed E-state index contributed by atoms with van der Waals surface area (Å²) in [5.74, 6) is 0.503. The predicted molar refractivity (Wildman–Crippen MR) is 297 cm³/mol. The second kappa shape index (κ2) is 33.3. The topological polar surface area (TPSA) is 98.7 Å². The molecule has 0 fully saturated rings. The SMILES string of the molecule is CCCC[N+](CCCC)(CCCC)CCCC.CCCC[N+](CCCC)(CCCC)CCCC.O=P([O-])(Cc1ccc(CP(=O)([O-])Oc2ccc3ccccc3c2)cc1)Oc1ccc2ccccc2c1. The van der Waals surface area contributed by atoms with Crippen LogP contribution < -0.4 is 18.8 Å². The van der Waals surface area contributed by atoms with Gasteiger partial charge in [0.15, 0.2) is 15.2 Å². The summed E-state index contributed by atoms with van der Waals surface area (Å²) in [5, 5.41) is 3.74. The van der Waals surface area contributed by atoms with Crippen molar-refractivity contribution in [1.29, 1.82) is 0 Å². The van der Waals surface area contributed by atoms with E-state index in [4.69, 9.17) is 9.05 Å². The highest BCUT2D eigenvalue weighted by Gasteiger charge is 2.26. The lowest BCUT2D eigenvalue weighted by atomic mass is 10.1. The van der Waals surface area contributed by atoms with Crippen LogP contribution in [0.1, 0.15) is 169 Å². The molecule has 8 nitrogen and oxygen atoms in total. The normalized spacial score (nSPS) is 13.4. The van der Waals surface area contributed by atoms with Crippen molar-refractivity contribution in [2.24, 2.45) is 0 Å². The molecule has 0 bridgehead atoms. The Balaban J connectivity index is 0.000000320. The van der Waals surface area contributed by atoms with Crippen molar-refractivity contribution >= 4 is 36.7 Å².